The molecule has 0 bridgehead atoms. The number of benzene rings is 2. The van der Waals surface area contributed by atoms with Gasteiger partial charge in [0.15, 0.2) is 0 Å². The summed E-state index contributed by atoms with van der Waals surface area (Å²) in [7, 11) is 0. The first-order chi connectivity index (χ1) is 13.2. The van der Waals surface area contributed by atoms with Gasteiger partial charge in [-0.05, 0) is 52.7 Å². The van der Waals surface area contributed by atoms with Crippen LogP contribution in [0.4, 0.5) is 5.69 Å². The summed E-state index contributed by atoms with van der Waals surface area (Å²) in [6, 6.07) is 14.6. The average Bonchev–Trinajstić information content (AvgIpc) is 3.35. The lowest BCUT2D eigenvalue weighted by Gasteiger charge is -2.16. The highest BCUT2D eigenvalue weighted by molar-refractivity contribution is 6.04. The normalized spacial score (nSPS) is 13.8. The van der Waals surface area contributed by atoms with Crippen LogP contribution in [-0.2, 0) is 11.3 Å². The van der Waals surface area contributed by atoms with Crippen molar-refractivity contribution in [1.29, 1.82) is 0 Å². The molecule has 0 spiro atoms. The highest BCUT2D eigenvalue weighted by atomic mass is 16.2. The van der Waals surface area contributed by atoms with Crippen molar-refractivity contribution in [2.75, 3.05) is 11.9 Å². The van der Waals surface area contributed by atoms with E-state index in [-0.39, 0.29) is 11.8 Å². The number of anilines is 1. The summed E-state index contributed by atoms with van der Waals surface area (Å²) in [5.74, 6) is -0.0387. The Bertz CT molecular complexity index is 970. The largest absolute Gasteiger partial charge is 0.338 e. The third kappa shape index (κ3) is 3.84. The monoisotopic (exact) mass is 362 g/mol. The molecular weight excluding hydrogens is 344 g/mol. The van der Waals surface area contributed by atoms with Crippen molar-refractivity contribution >= 4 is 17.5 Å². The average molecular weight is 362 g/mol. The summed E-state index contributed by atoms with van der Waals surface area (Å²) in [4.78, 5) is 26.2. The third-order valence-corrected chi connectivity index (χ3v) is 4.45. The molecule has 2 amide bonds. The van der Waals surface area contributed by atoms with Crippen LogP contribution in [0.3, 0.4) is 0 Å². The predicted octanol–water partition coefficient (Wildman–Crippen LogP) is 2.04. The molecule has 27 heavy (non-hydrogen) atoms. The van der Waals surface area contributed by atoms with Crippen LogP contribution in [0.1, 0.15) is 28.8 Å². The number of amides is 2. The van der Waals surface area contributed by atoms with Crippen LogP contribution in [0.5, 0.6) is 0 Å². The van der Waals surface area contributed by atoms with Gasteiger partial charge in [0.25, 0.3) is 5.91 Å². The van der Waals surface area contributed by atoms with Gasteiger partial charge in [-0.15, -0.1) is 5.10 Å². The summed E-state index contributed by atoms with van der Waals surface area (Å²) >= 11 is 0. The summed E-state index contributed by atoms with van der Waals surface area (Å²) < 4.78 is 1.49. The second-order valence-electron chi connectivity index (χ2n) is 6.38. The maximum absolute atomic E-state index is 12.6. The number of hydrogen-bond donors (Lipinski definition) is 1. The Hall–Kier alpha value is -3.55. The minimum Gasteiger partial charge on any atom is -0.338 e. The summed E-state index contributed by atoms with van der Waals surface area (Å²) in [6.07, 6.45) is 3.00. The van der Waals surface area contributed by atoms with Crippen LogP contribution in [0.25, 0.3) is 5.69 Å². The Kier molecular flexibility index (Phi) is 4.61. The van der Waals surface area contributed by atoms with Crippen LogP contribution in [0.15, 0.2) is 54.9 Å². The summed E-state index contributed by atoms with van der Waals surface area (Å²) in [5, 5.41) is 13.9. The molecule has 0 saturated carbocycles. The van der Waals surface area contributed by atoms with E-state index in [4.69, 9.17) is 0 Å². The Labute approximate surface area is 155 Å². The molecule has 0 aliphatic carbocycles. The lowest BCUT2D eigenvalue weighted by atomic mass is 10.1. The predicted molar refractivity (Wildman–Crippen MR) is 98.2 cm³/mol. The van der Waals surface area contributed by atoms with E-state index >= 15 is 0 Å². The molecule has 2 heterocycles. The molecule has 1 aromatic heterocycles. The van der Waals surface area contributed by atoms with Gasteiger partial charge in [-0.25, -0.2) is 4.68 Å². The zero-order valence-corrected chi connectivity index (χ0v) is 14.6. The Morgan fingerprint density at radius 1 is 1.15 bits per heavy atom. The Balaban J connectivity index is 1.47. The second kappa shape index (κ2) is 7.36. The SMILES string of the molecule is O=C(Nc1cccc(CN2CCCC2=O)c1)c1cccc(-n2cnnn2)c1. The van der Waals surface area contributed by atoms with Gasteiger partial charge in [0, 0.05) is 30.8 Å². The number of hydrogen-bond acceptors (Lipinski definition) is 5. The first-order valence-electron chi connectivity index (χ1n) is 8.70. The van der Waals surface area contributed by atoms with Crippen molar-refractivity contribution in [3.05, 3.63) is 66.0 Å². The van der Waals surface area contributed by atoms with E-state index in [0.29, 0.717) is 29.9 Å². The first kappa shape index (κ1) is 16.9. The van der Waals surface area contributed by atoms with E-state index in [1.807, 2.05) is 35.2 Å². The number of carbonyl (C=O) groups excluding carboxylic acids is 2. The number of aromatic nitrogens is 4. The minimum atomic E-state index is -0.223. The molecular formula is C19H18N6O2. The smallest absolute Gasteiger partial charge is 0.255 e. The third-order valence-electron chi connectivity index (χ3n) is 4.45. The maximum atomic E-state index is 12.6. The lowest BCUT2D eigenvalue weighted by molar-refractivity contribution is -0.128. The molecule has 1 saturated heterocycles. The van der Waals surface area contributed by atoms with Crippen LogP contribution in [0.2, 0.25) is 0 Å². The van der Waals surface area contributed by atoms with Gasteiger partial charge < -0.3 is 10.2 Å². The molecule has 0 unspecified atom stereocenters. The van der Waals surface area contributed by atoms with Crippen molar-refractivity contribution in [3.63, 3.8) is 0 Å². The molecule has 136 valence electrons. The molecule has 1 N–H and O–H groups in total. The van der Waals surface area contributed by atoms with E-state index in [1.54, 1.807) is 18.2 Å². The molecule has 2 aromatic carbocycles. The maximum Gasteiger partial charge on any atom is 0.255 e. The van der Waals surface area contributed by atoms with Gasteiger partial charge in [-0.3, -0.25) is 9.59 Å². The fourth-order valence-corrected chi connectivity index (χ4v) is 3.11. The number of carbonyl (C=O) groups is 2. The van der Waals surface area contributed by atoms with Gasteiger partial charge in [0.1, 0.15) is 6.33 Å². The standard InChI is InChI=1S/C19H18N6O2/c26-18-8-3-9-24(18)12-14-4-1-6-16(10-14)21-19(27)15-5-2-7-17(11-15)25-13-20-22-23-25/h1-2,4-7,10-11,13H,3,8-9,12H2,(H,21,27). The number of tetrazole rings is 1. The van der Waals surface area contributed by atoms with Crippen LogP contribution in [0, 0.1) is 0 Å². The topological polar surface area (TPSA) is 93.0 Å². The highest BCUT2D eigenvalue weighted by Gasteiger charge is 2.20. The van der Waals surface area contributed by atoms with Crippen molar-refractivity contribution in [3.8, 4) is 5.69 Å². The van der Waals surface area contributed by atoms with Crippen molar-refractivity contribution in [2.24, 2.45) is 0 Å². The fourth-order valence-electron chi connectivity index (χ4n) is 3.11. The molecule has 1 aliphatic heterocycles. The zero-order chi connectivity index (χ0) is 18.6. The van der Waals surface area contributed by atoms with E-state index in [0.717, 1.165) is 18.5 Å². The van der Waals surface area contributed by atoms with Gasteiger partial charge >= 0.3 is 0 Å². The molecule has 0 radical (unpaired) electrons. The van der Waals surface area contributed by atoms with E-state index in [9.17, 15) is 9.59 Å². The van der Waals surface area contributed by atoms with E-state index in [2.05, 4.69) is 20.8 Å². The van der Waals surface area contributed by atoms with E-state index in [1.165, 1.54) is 11.0 Å². The molecule has 4 rings (SSSR count). The van der Waals surface area contributed by atoms with Crippen LogP contribution in [-0.4, -0.2) is 43.5 Å². The Morgan fingerprint density at radius 3 is 2.81 bits per heavy atom. The van der Waals surface area contributed by atoms with Crippen molar-refractivity contribution in [1.82, 2.24) is 25.1 Å². The van der Waals surface area contributed by atoms with Gasteiger partial charge in [-0.1, -0.05) is 18.2 Å². The highest BCUT2D eigenvalue weighted by Crippen LogP contribution is 2.18. The molecule has 1 aliphatic rings. The molecule has 8 heteroatoms. The fraction of sp³-hybridized carbons (Fsp3) is 0.211. The van der Waals surface area contributed by atoms with E-state index < -0.39 is 0 Å². The number of nitrogens with zero attached hydrogens (tertiary/aromatic N) is 5. The number of nitrogens with one attached hydrogen (secondary N) is 1. The molecule has 1 fully saturated rings. The van der Waals surface area contributed by atoms with Crippen molar-refractivity contribution in [2.45, 2.75) is 19.4 Å². The van der Waals surface area contributed by atoms with Crippen LogP contribution >= 0.6 is 0 Å². The second-order valence-corrected chi connectivity index (χ2v) is 6.38. The lowest BCUT2D eigenvalue weighted by Crippen LogP contribution is -2.23. The molecule has 8 nitrogen and oxygen atoms in total. The number of rotatable bonds is 5. The quantitative estimate of drug-likeness (QED) is 0.750. The summed E-state index contributed by atoms with van der Waals surface area (Å²) in [5.41, 5.74) is 2.89. The van der Waals surface area contributed by atoms with Gasteiger partial charge in [-0.2, -0.15) is 0 Å². The van der Waals surface area contributed by atoms with Gasteiger partial charge in [0.2, 0.25) is 5.91 Å². The number of likely N-dealkylation sites (tertiary alicyclic amines) is 1. The molecule has 3 aromatic rings. The Morgan fingerprint density at radius 2 is 2.04 bits per heavy atom. The molecule has 0 atom stereocenters. The van der Waals surface area contributed by atoms with Crippen molar-refractivity contribution < 1.29 is 9.59 Å². The van der Waals surface area contributed by atoms with Gasteiger partial charge in [0.05, 0.1) is 5.69 Å². The zero-order valence-electron chi connectivity index (χ0n) is 14.6. The minimum absolute atomic E-state index is 0.184. The summed E-state index contributed by atoms with van der Waals surface area (Å²) in [6.45, 7) is 1.36. The first-order valence-corrected chi connectivity index (χ1v) is 8.70. The van der Waals surface area contributed by atoms with Crippen LogP contribution < -0.4 is 5.32 Å².